The molecule has 0 unspecified atom stereocenters. The van der Waals surface area contributed by atoms with Crippen molar-refractivity contribution in [2.45, 2.75) is 59.8 Å². The smallest absolute Gasteiger partial charge is 0.259 e. The second-order valence-electron chi connectivity index (χ2n) is 11.5. The number of carbonyl (C=O) groups is 2. The fourth-order valence-corrected chi connectivity index (χ4v) is 6.67. The van der Waals surface area contributed by atoms with Gasteiger partial charge in [0.15, 0.2) is 0 Å². The number of carbonyl (C=O) groups excluding carboxylic acids is 2. The molecule has 0 bridgehead atoms. The molecule has 2 aromatic rings. The number of fused-ring (bicyclic) bond motifs is 1. The molecular formula is C29H41N3O4S. The Morgan fingerprint density at radius 1 is 1.08 bits per heavy atom. The third-order valence-corrected chi connectivity index (χ3v) is 9.04. The molecule has 1 fully saturated rings. The van der Waals surface area contributed by atoms with Gasteiger partial charge in [-0.1, -0.05) is 27.7 Å². The summed E-state index contributed by atoms with van der Waals surface area (Å²) in [5, 5.41) is 6.80. The van der Waals surface area contributed by atoms with Gasteiger partial charge in [-0.05, 0) is 80.1 Å². The van der Waals surface area contributed by atoms with E-state index in [1.807, 2.05) is 0 Å². The van der Waals surface area contributed by atoms with E-state index in [-0.39, 0.29) is 17.2 Å². The monoisotopic (exact) mass is 527 g/mol. The average molecular weight is 528 g/mol. The number of nitrogens with zero attached hydrogens (tertiary/aromatic N) is 1. The van der Waals surface area contributed by atoms with Gasteiger partial charge in [0, 0.05) is 10.9 Å². The first-order chi connectivity index (χ1) is 17.6. The lowest BCUT2D eigenvalue weighted by Gasteiger charge is -2.33. The molecule has 1 aliphatic heterocycles. The van der Waals surface area contributed by atoms with E-state index in [4.69, 9.17) is 9.47 Å². The maximum Gasteiger partial charge on any atom is 0.259 e. The highest BCUT2D eigenvalue weighted by Gasteiger charge is 2.34. The molecule has 1 aromatic heterocycles. The number of hydrogen-bond acceptors (Lipinski definition) is 6. The third-order valence-electron chi connectivity index (χ3n) is 7.87. The summed E-state index contributed by atoms with van der Waals surface area (Å²) in [6.45, 7) is 11.3. The van der Waals surface area contributed by atoms with Crippen LogP contribution in [0.3, 0.4) is 0 Å². The summed E-state index contributed by atoms with van der Waals surface area (Å²) >= 11 is 1.56. The average Bonchev–Trinajstić information content (AvgIpc) is 3.22. The van der Waals surface area contributed by atoms with Crippen LogP contribution in [0.15, 0.2) is 18.2 Å². The van der Waals surface area contributed by atoms with Crippen LogP contribution in [0.2, 0.25) is 0 Å². The number of methoxy groups -OCH3 is 2. The van der Waals surface area contributed by atoms with Crippen LogP contribution >= 0.6 is 11.3 Å². The largest absolute Gasteiger partial charge is 0.497 e. The van der Waals surface area contributed by atoms with Gasteiger partial charge in [0.25, 0.3) is 5.91 Å². The fraction of sp³-hybridized carbons (Fsp3) is 0.586. The third kappa shape index (κ3) is 6.47. The highest BCUT2D eigenvalue weighted by Crippen LogP contribution is 2.44. The number of benzene rings is 1. The van der Waals surface area contributed by atoms with Crippen LogP contribution in [0.5, 0.6) is 11.5 Å². The second-order valence-corrected chi connectivity index (χ2v) is 12.6. The highest BCUT2D eigenvalue weighted by atomic mass is 32.1. The van der Waals surface area contributed by atoms with Crippen LogP contribution in [-0.4, -0.2) is 50.6 Å². The lowest BCUT2D eigenvalue weighted by molar-refractivity contribution is -0.117. The first kappa shape index (κ1) is 27.5. The Labute approximate surface area is 224 Å². The number of piperidine rings is 1. The predicted molar refractivity (Wildman–Crippen MR) is 150 cm³/mol. The Balaban J connectivity index is 1.60. The molecule has 0 radical (unpaired) electrons. The molecule has 0 spiro atoms. The first-order valence-corrected chi connectivity index (χ1v) is 14.1. The minimum Gasteiger partial charge on any atom is -0.497 e. The van der Waals surface area contributed by atoms with Crippen molar-refractivity contribution < 1.29 is 19.1 Å². The minimum absolute atomic E-state index is 0.0587. The SMILES string of the molecule is COc1ccc(NC(=O)c2c(NC(=O)CN3CCC(C)CC3)sc3c2CC[C@@H](C(C)(C)C)C3)c(OC)c1. The number of anilines is 2. The van der Waals surface area contributed by atoms with Gasteiger partial charge in [-0.15, -0.1) is 11.3 Å². The van der Waals surface area contributed by atoms with Crippen molar-refractivity contribution in [1.82, 2.24) is 4.90 Å². The molecule has 7 nitrogen and oxygen atoms in total. The van der Waals surface area contributed by atoms with Crippen molar-refractivity contribution in [3.05, 3.63) is 34.2 Å². The molecule has 8 heteroatoms. The molecule has 1 saturated heterocycles. The van der Waals surface area contributed by atoms with E-state index in [0.29, 0.717) is 46.1 Å². The quantitative estimate of drug-likeness (QED) is 0.473. The molecule has 2 aliphatic rings. The number of thiophene rings is 1. The lowest BCUT2D eigenvalue weighted by Crippen LogP contribution is -2.38. The summed E-state index contributed by atoms with van der Waals surface area (Å²) in [4.78, 5) is 30.2. The summed E-state index contributed by atoms with van der Waals surface area (Å²) in [5.41, 5.74) is 2.41. The minimum atomic E-state index is -0.225. The standard InChI is InChI=1S/C29H41N3O4S/c1-18-11-13-32(14-12-18)17-25(33)31-28-26(21-9-7-19(29(2,3)4)15-24(21)37-28)27(34)30-22-10-8-20(35-5)16-23(22)36-6/h8,10,16,18-19H,7,9,11-15,17H2,1-6H3,(H,30,34)(H,31,33)/t19-/m1/s1. The normalized spacial score (nSPS) is 18.7. The molecule has 202 valence electrons. The first-order valence-electron chi connectivity index (χ1n) is 13.3. The Morgan fingerprint density at radius 2 is 1.81 bits per heavy atom. The van der Waals surface area contributed by atoms with Gasteiger partial charge in [0.1, 0.15) is 16.5 Å². The van der Waals surface area contributed by atoms with Gasteiger partial charge >= 0.3 is 0 Å². The highest BCUT2D eigenvalue weighted by molar-refractivity contribution is 7.17. The molecular weight excluding hydrogens is 486 g/mol. The van der Waals surface area contributed by atoms with E-state index in [2.05, 4.69) is 43.2 Å². The molecule has 1 aromatic carbocycles. The van der Waals surface area contributed by atoms with Gasteiger partial charge in [0.05, 0.1) is 32.0 Å². The Kier molecular flexibility index (Phi) is 8.49. The molecule has 37 heavy (non-hydrogen) atoms. The molecule has 0 saturated carbocycles. The Morgan fingerprint density at radius 3 is 2.46 bits per heavy atom. The van der Waals surface area contributed by atoms with E-state index in [1.165, 1.54) is 4.88 Å². The van der Waals surface area contributed by atoms with E-state index < -0.39 is 0 Å². The molecule has 1 atom stereocenters. The Bertz CT molecular complexity index is 1130. The van der Waals surface area contributed by atoms with E-state index in [1.54, 1.807) is 43.8 Å². The van der Waals surface area contributed by atoms with Crippen LogP contribution in [0.1, 0.15) is 67.8 Å². The number of ether oxygens (including phenoxy) is 2. The van der Waals surface area contributed by atoms with Crippen LogP contribution < -0.4 is 20.1 Å². The van der Waals surface area contributed by atoms with Crippen LogP contribution in [0.25, 0.3) is 0 Å². The topological polar surface area (TPSA) is 79.9 Å². The van der Waals surface area contributed by atoms with Crippen molar-refractivity contribution in [2.24, 2.45) is 17.3 Å². The zero-order valence-corrected chi connectivity index (χ0v) is 23.8. The molecule has 2 N–H and O–H groups in total. The molecule has 4 rings (SSSR count). The second kappa shape index (κ2) is 11.4. The molecule has 2 amide bonds. The number of likely N-dealkylation sites (tertiary alicyclic amines) is 1. The number of rotatable bonds is 7. The fourth-order valence-electron chi connectivity index (χ4n) is 5.33. The van der Waals surface area contributed by atoms with E-state index in [9.17, 15) is 9.59 Å². The maximum absolute atomic E-state index is 13.7. The van der Waals surface area contributed by atoms with Crippen LogP contribution in [-0.2, 0) is 17.6 Å². The zero-order chi connectivity index (χ0) is 26.7. The number of hydrogen-bond donors (Lipinski definition) is 2. The van der Waals surface area contributed by atoms with E-state index >= 15 is 0 Å². The number of amides is 2. The van der Waals surface area contributed by atoms with Crippen molar-refractivity contribution >= 4 is 33.8 Å². The summed E-state index contributed by atoms with van der Waals surface area (Å²) in [5.74, 6) is 2.14. The van der Waals surface area contributed by atoms with Gasteiger partial charge in [-0.3, -0.25) is 14.5 Å². The number of nitrogens with one attached hydrogen (secondary N) is 2. The molecule has 1 aliphatic carbocycles. The molecule has 2 heterocycles. The summed E-state index contributed by atoms with van der Waals surface area (Å²) in [6.07, 6.45) is 5.02. The van der Waals surface area contributed by atoms with Gasteiger partial charge in [0.2, 0.25) is 5.91 Å². The maximum atomic E-state index is 13.7. The van der Waals surface area contributed by atoms with Crippen molar-refractivity contribution in [1.29, 1.82) is 0 Å². The van der Waals surface area contributed by atoms with Crippen molar-refractivity contribution in [2.75, 3.05) is 44.5 Å². The van der Waals surface area contributed by atoms with Crippen molar-refractivity contribution in [3.8, 4) is 11.5 Å². The van der Waals surface area contributed by atoms with Gasteiger partial charge in [-0.25, -0.2) is 0 Å². The van der Waals surface area contributed by atoms with E-state index in [0.717, 1.165) is 50.8 Å². The lowest BCUT2D eigenvalue weighted by atomic mass is 9.72. The van der Waals surface area contributed by atoms with Crippen LogP contribution in [0, 0.1) is 17.3 Å². The van der Waals surface area contributed by atoms with Crippen LogP contribution in [0.4, 0.5) is 10.7 Å². The zero-order valence-electron chi connectivity index (χ0n) is 23.0. The summed E-state index contributed by atoms with van der Waals surface area (Å²) in [7, 11) is 3.16. The predicted octanol–water partition coefficient (Wildman–Crippen LogP) is 5.84. The Hall–Kier alpha value is -2.58. The summed E-state index contributed by atoms with van der Waals surface area (Å²) < 4.78 is 10.8. The summed E-state index contributed by atoms with van der Waals surface area (Å²) in [6, 6.07) is 5.31. The van der Waals surface area contributed by atoms with Crippen molar-refractivity contribution in [3.63, 3.8) is 0 Å². The van der Waals surface area contributed by atoms with Gasteiger partial charge in [-0.2, -0.15) is 0 Å². The van der Waals surface area contributed by atoms with Gasteiger partial charge < -0.3 is 20.1 Å².